The fraction of sp³-hybridized carbons (Fsp3) is 0.235. The second-order valence-corrected chi connectivity index (χ2v) is 5.03. The van der Waals surface area contributed by atoms with Crippen LogP contribution in [0.5, 0.6) is 0 Å². The standard InChI is InChI=1S/C17H16F2OS/c18-16(19)17(21)20-12-11-15(13-7-3-1-4-8-13)14-9-5-2-6-10-14/h1-10,15-16H,11-12H2. The van der Waals surface area contributed by atoms with Gasteiger partial charge in [0, 0.05) is 5.92 Å². The highest BCUT2D eigenvalue weighted by Crippen LogP contribution is 2.27. The zero-order valence-corrected chi connectivity index (χ0v) is 12.2. The molecule has 4 heteroatoms. The van der Waals surface area contributed by atoms with Gasteiger partial charge in [-0.2, -0.15) is 0 Å². The highest BCUT2D eigenvalue weighted by Gasteiger charge is 2.16. The summed E-state index contributed by atoms with van der Waals surface area (Å²) in [4.78, 5) is 0. The van der Waals surface area contributed by atoms with Crippen LogP contribution in [0.25, 0.3) is 0 Å². The maximum Gasteiger partial charge on any atom is 0.305 e. The number of alkyl halides is 2. The van der Waals surface area contributed by atoms with Gasteiger partial charge < -0.3 is 4.74 Å². The predicted octanol–water partition coefficient (Wildman–Crippen LogP) is 4.82. The lowest BCUT2D eigenvalue weighted by atomic mass is 9.89. The van der Waals surface area contributed by atoms with Crippen LogP contribution in [0.1, 0.15) is 23.5 Å². The topological polar surface area (TPSA) is 9.23 Å². The molecule has 0 aliphatic rings. The van der Waals surface area contributed by atoms with Crippen molar-refractivity contribution in [3.8, 4) is 0 Å². The van der Waals surface area contributed by atoms with Crippen LogP contribution in [0.15, 0.2) is 60.7 Å². The van der Waals surface area contributed by atoms with E-state index in [0.29, 0.717) is 6.42 Å². The van der Waals surface area contributed by atoms with E-state index in [4.69, 9.17) is 4.74 Å². The summed E-state index contributed by atoms with van der Waals surface area (Å²) < 4.78 is 29.6. The molecule has 2 aromatic carbocycles. The predicted molar refractivity (Wildman–Crippen MR) is 83.9 cm³/mol. The third-order valence-corrected chi connectivity index (χ3v) is 3.53. The van der Waals surface area contributed by atoms with E-state index in [9.17, 15) is 8.78 Å². The molecule has 2 aromatic rings. The molecule has 0 amide bonds. The lowest BCUT2D eigenvalue weighted by Crippen LogP contribution is -2.14. The number of thiocarbonyl (C=S) groups is 1. The Hall–Kier alpha value is -1.81. The second kappa shape index (κ2) is 7.84. The molecule has 0 heterocycles. The highest BCUT2D eigenvalue weighted by atomic mass is 32.1. The molecule has 0 aliphatic carbocycles. The van der Waals surface area contributed by atoms with Crippen molar-refractivity contribution in [3.05, 3.63) is 71.8 Å². The van der Waals surface area contributed by atoms with E-state index in [1.54, 1.807) is 0 Å². The summed E-state index contributed by atoms with van der Waals surface area (Å²) in [6.07, 6.45) is -2.10. The summed E-state index contributed by atoms with van der Waals surface area (Å²) in [6, 6.07) is 19.9. The molecule has 0 fully saturated rings. The lowest BCUT2D eigenvalue weighted by molar-refractivity contribution is 0.172. The first-order valence-electron chi connectivity index (χ1n) is 6.73. The Morgan fingerprint density at radius 1 is 0.905 bits per heavy atom. The van der Waals surface area contributed by atoms with Crippen molar-refractivity contribution in [2.75, 3.05) is 6.61 Å². The van der Waals surface area contributed by atoms with Crippen molar-refractivity contribution in [1.82, 2.24) is 0 Å². The number of ether oxygens (including phenoxy) is 1. The van der Waals surface area contributed by atoms with Gasteiger partial charge in [-0.05, 0) is 29.8 Å². The van der Waals surface area contributed by atoms with Crippen LogP contribution in [0.2, 0.25) is 0 Å². The van der Waals surface area contributed by atoms with Crippen LogP contribution in [-0.4, -0.2) is 18.1 Å². The van der Waals surface area contributed by atoms with Gasteiger partial charge in [0.1, 0.15) is 0 Å². The van der Waals surface area contributed by atoms with E-state index < -0.39 is 11.5 Å². The Morgan fingerprint density at radius 3 is 1.81 bits per heavy atom. The van der Waals surface area contributed by atoms with E-state index in [-0.39, 0.29) is 12.5 Å². The van der Waals surface area contributed by atoms with E-state index in [1.165, 1.54) is 0 Å². The lowest BCUT2D eigenvalue weighted by Gasteiger charge is -2.18. The summed E-state index contributed by atoms with van der Waals surface area (Å²) in [7, 11) is 0. The molecule has 0 aromatic heterocycles. The summed E-state index contributed by atoms with van der Waals surface area (Å²) in [5, 5.41) is -0.630. The second-order valence-electron chi connectivity index (χ2n) is 4.63. The van der Waals surface area contributed by atoms with Crippen molar-refractivity contribution in [2.45, 2.75) is 18.8 Å². The molecule has 0 radical (unpaired) electrons. The van der Waals surface area contributed by atoms with Gasteiger partial charge >= 0.3 is 6.43 Å². The molecule has 2 rings (SSSR count). The van der Waals surface area contributed by atoms with Crippen LogP contribution in [-0.2, 0) is 4.74 Å². The van der Waals surface area contributed by atoms with Gasteiger partial charge in [0.05, 0.1) is 6.61 Å². The fourth-order valence-electron chi connectivity index (χ4n) is 2.24. The molecule has 0 aliphatic heterocycles. The molecule has 0 unspecified atom stereocenters. The van der Waals surface area contributed by atoms with Gasteiger partial charge in [-0.15, -0.1) is 0 Å². The first-order valence-corrected chi connectivity index (χ1v) is 7.14. The Morgan fingerprint density at radius 2 is 1.38 bits per heavy atom. The zero-order chi connectivity index (χ0) is 15.1. The van der Waals surface area contributed by atoms with Crippen LogP contribution >= 0.6 is 12.2 Å². The van der Waals surface area contributed by atoms with Gasteiger partial charge in [-0.1, -0.05) is 60.7 Å². The Labute approximate surface area is 128 Å². The molecule has 0 saturated carbocycles. The van der Waals surface area contributed by atoms with Crippen LogP contribution in [0, 0.1) is 0 Å². The van der Waals surface area contributed by atoms with Crippen LogP contribution in [0.4, 0.5) is 8.78 Å². The maximum absolute atomic E-state index is 12.3. The summed E-state index contributed by atoms with van der Waals surface area (Å²) in [5.74, 6) is 0.105. The van der Waals surface area contributed by atoms with E-state index in [0.717, 1.165) is 11.1 Å². The molecule has 0 bridgehead atoms. The molecule has 110 valence electrons. The quantitative estimate of drug-likeness (QED) is 0.708. The largest absolute Gasteiger partial charge is 0.482 e. The van der Waals surface area contributed by atoms with Gasteiger partial charge in [-0.25, -0.2) is 8.78 Å². The number of rotatable bonds is 6. The smallest absolute Gasteiger partial charge is 0.305 e. The number of halogens is 2. The molecule has 0 N–H and O–H groups in total. The first-order chi connectivity index (χ1) is 10.2. The third kappa shape index (κ3) is 4.60. The van der Waals surface area contributed by atoms with Crippen molar-refractivity contribution in [1.29, 1.82) is 0 Å². The van der Waals surface area contributed by atoms with E-state index >= 15 is 0 Å². The van der Waals surface area contributed by atoms with Gasteiger partial charge in [0.2, 0.25) is 5.05 Å². The van der Waals surface area contributed by atoms with Crippen molar-refractivity contribution < 1.29 is 13.5 Å². The number of hydrogen-bond donors (Lipinski definition) is 0. The molecule has 0 saturated heterocycles. The summed E-state index contributed by atoms with van der Waals surface area (Å²) in [6.45, 7) is 0.178. The first kappa shape index (κ1) is 15.6. The van der Waals surface area contributed by atoms with Crippen LogP contribution in [0.3, 0.4) is 0 Å². The zero-order valence-electron chi connectivity index (χ0n) is 11.4. The maximum atomic E-state index is 12.3. The number of benzene rings is 2. The Bertz CT molecular complexity index is 518. The average Bonchev–Trinajstić information content (AvgIpc) is 2.53. The van der Waals surface area contributed by atoms with Crippen LogP contribution < -0.4 is 0 Å². The molecule has 0 atom stereocenters. The minimum absolute atomic E-state index is 0.105. The van der Waals surface area contributed by atoms with E-state index in [2.05, 4.69) is 12.2 Å². The average molecular weight is 306 g/mol. The van der Waals surface area contributed by atoms with Crippen molar-refractivity contribution in [3.63, 3.8) is 0 Å². The summed E-state index contributed by atoms with van der Waals surface area (Å²) in [5.41, 5.74) is 2.27. The number of hydrogen-bond acceptors (Lipinski definition) is 2. The molecule has 21 heavy (non-hydrogen) atoms. The molecular formula is C17H16F2OS. The summed E-state index contributed by atoms with van der Waals surface area (Å²) >= 11 is 4.49. The van der Waals surface area contributed by atoms with Gasteiger partial charge in [-0.3, -0.25) is 0 Å². The highest BCUT2D eigenvalue weighted by molar-refractivity contribution is 7.80. The minimum Gasteiger partial charge on any atom is -0.482 e. The molecular weight excluding hydrogens is 290 g/mol. The SMILES string of the molecule is FC(F)C(=S)OCCC(c1ccccc1)c1ccccc1. The normalized spacial score (nSPS) is 10.9. The fourth-order valence-corrected chi connectivity index (χ4v) is 2.32. The van der Waals surface area contributed by atoms with Crippen molar-refractivity contribution in [2.24, 2.45) is 0 Å². The van der Waals surface area contributed by atoms with Gasteiger partial charge in [0.25, 0.3) is 0 Å². The van der Waals surface area contributed by atoms with Gasteiger partial charge in [0.15, 0.2) is 0 Å². The monoisotopic (exact) mass is 306 g/mol. The minimum atomic E-state index is -2.70. The Kier molecular flexibility index (Phi) is 5.81. The van der Waals surface area contributed by atoms with Crippen molar-refractivity contribution >= 4 is 17.3 Å². The third-order valence-electron chi connectivity index (χ3n) is 3.23. The van der Waals surface area contributed by atoms with E-state index in [1.807, 2.05) is 60.7 Å². The molecule has 0 spiro atoms. The molecule has 1 nitrogen and oxygen atoms in total. The Balaban J connectivity index is 2.09.